The number of ether oxygens (including phenoxy) is 1. The summed E-state index contributed by atoms with van der Waals surface area (Å²) in [6.07, 6.45) is 0. The molecule has 2 aromatic rings. The van der Waals surface area contributed by atoms with Gasteiger partial charge < -0.3 is 10.1 Å². The van der Waals surface area contributed by atoms with Gasteiger partial charge in [-0.25, -0.2) is 4.98 Å². The van der Waals surface area contributed by atoms with Crippen LogP contribution in [0.5, 0.6) is 11.6 Å². The number of hydrogen-bond donors (Lipinski definition) is 1. The second-order valence-corrected chi connectivity index (χ2v) is 6.88. The zero-order valence-corrected chi connectivity index (χ0v) is 14.7. The molecule has 0 fully saturated rings. The zero-order valence-electron chi connectivity index (χ0n) is 12.4. The van der Waals surface area contributed by atoms with Gasteiger partial charge in [0.25, 0.3) is 0 Å². The van der Waals surface area contributed by atoms with Gasteiger partial charge in [-0.3, -0.25) is 0 Å². The SMILES string of the molecule is CNc1cc(Oc2ccc(Cl)cc2Br)nc(C(C)(C)C)n1. The van der Waals surface area contributed by atoms with E-state index in [1.165, 1.54) is 0 Å². The lowest BCUT2D eigenvalue weighted by Crippen LogP contribution is -2.17. The lowest BCUT2D eigenvalue weighted by atomic mass is 9.96. The molecule has 1 aromatic carbocycles. The van der Waals surface area contributed by atoms with Crippen LogP contribution in [-0.2, 0) is 5.41 Å². The van der Waals surface area contributed by atoms with Crippen molar-refractivity contribution in [1.29, 1.82) is 0 Å². The highest BCUT2D eigenvalue weighted by atomic mass is 79.9. The fraction of sp³-hybridized carbons (Fsp3) is 0.333. The largest absolute Gasteiger partial charge is 0.438 e. The van der Waals surface area contributed by atoms with Gasteiger partial charge in [0.05, 0.1) is 4.47 Å². The first-order valence-corrected chi connectivity index (χ1v) is 7.67. The molecule has 1 N–H and O–H groups in total. The number of hydrogen-bond acceptors (Lipinski definition) is 4. The van der Waals surface area contributed by atoms with E-state index >= 15 is 0 Å². The fourth-order valence-electron chi connectivity index (χ4n) is 1.61. The summed E-state index contributed by atoms with van der Waals surface area (Å²) in [6.45, 7) is 6.18. The third-order valence-electron chi connectivity index (χ3n) is 2.74. The Morgan fingerprint density at radius 3 is 2.48 bits per heavy atom. The molecule has 2 rings (SSSR count). The molecule has 0 bridgehead atoms. The smallest absolute Gasteiger partial charge is 0.224 e. The van der Waals surface area contributed by atoms with E-state index in [9.17, 15) is 0 Å². The highest BCUT2D eigenvalue weighted by molar-refractivity contribution is 9.10. The van der Waals surface area contributed by atoms with Crippen LogP contribution in [0, 0.1) is 0 Å². The zero-order chi connectivity index (χ0) is 15.6. The van der Waals surface area contributed by atoms with Gasteiger partial charge in [0, 0.05) is 23.6 Å². The van der Waals surface area contributed by atoms with Crippen molar-refractivity contribution in [1.82, 2.24) is 9.97 Å². The maximum Gasteiger partial charge on any atom is 0.224 e. The van der Waals surface area contributed by atoms with Crippen LogP contribution in [0.1, 0.15) is 26.6 Å². The van der Waals surface area contributed by atoms with Crippen molar-refractivity contribution in [3.8, 4) is 11.6 Å². The van der Waals surface area contributed by atoms with Crippen molar-refractivity contribution in [2.75, 3.05) is 12.4 Å². The molecule has 0 saturated heterocycles. The highest BCUT2D eigenvalue weighted by Gasteiger charge is 2.20. The van der Waals surface area contributed by atoms with E-state index in [0.717, 1.165) is 16.1 Å². The van der Waals surface area contributed by atoms with Crippen molar-refractivity contribution < 1.29 is 4.74 Å². The first-order chi connectivity index (χ1) is 9.79. The minimum atomic E-state index is -0.164. The van der Waals surface area contributed by atoms with Crippen molar-refractivity contribution in [3.63, 3.8) is 0 Å². The molecule has 0 amide bonds. The molecule has 21 heavy (non-hydrogen) atoms. The Kier molecular flexibility index (Phi) is 4.74. The molecular formula is C15H17BrClN3O. The van der Waals surface area contributed by atoms with E-state index in [0.29, 0.717) is 16.7 Å². The number of aromatic nitrogens is 2. The molecule has 1 heterocycles. The first kappa shape index (κ1) is 16.0. The van der Waals surface area contributed by atoms with Crippen LogP contribution in [0.3, 0.4) is 0 Å². The van der Waals surface area contributed by atoms with E-state index in [-0.39, 0.29) is 5.41 Å². The summed E-state index contributed by atoms with van der Waals surface area (Å²) in [6, 6.07) is 7.11. The van der Waals surface area contributed by atoms with Crippen LogP contribution in [0.4, 0.5) is 5.82 Å². The minimum Gasteiger partial charge on any atom is -0.438 e. The Hall–Kier alpha value is -1.33. The number of nitrogens with zero attached hydrogens (tertiary/aromatic N) is 2. The molecule has 0 atom stereocenters. The topological polar surface area (TPSA) is 47.0 Å². The van der Waals surface area contributed by atoms with Gasteiger partial charge in [0.2, 0.25) is 5.88 Å². The summed E-state index contributed by atoms with van der Waals surface area (Å²) in [5.41, 5.74) is -0.164. The van der Waals surface area contributed by atoms with Crippen LogP contribution < -0.4 is 10.1 Å². The average Bonchev–Trinajstić information content (AvgIpc) is 2.40. The lowest BCUT2D eigenvalue weighted by Gasteiger charge is -2.18. The molecule has 0 saturated carbocycles. The summed E-state index contributed by atoms with van der Waals surface area (Å²) < 4.78 is 6.62. The van der Waals surface area contributed by atoms with Crippen molar-refractivity contribution in [3.05, 3.63) is 39.6 Å². The summed E-state index contributed by atoms with van der Waals surface area (Å²) in [5, 5.41) is 3.67. The first-order valence-electron chi connectivity index (χ1n) is 6.50. The second kappa shape index (κ2) is 6.20. The van der Waals surface area contributed by atoms with Gasteiger partial charge >= 0.3 is 0 Å². The van der Waals surface area contributed by atoms with Gasteiger partial charge in [-0.1, -0.05) is 32.4 Å². The summed E-state index contributed by atoms with van der Waals surface area (Å²) in [7, 11) is 1.82. The molecule has 4 nitrogen and oxygen atoms in total. The third kappa shape index (κ3) is 4.08. The van der Waals surface area contributed by atoms with Crippen molar-refractivity contribution >= 4 is 33.3 Å². The lowest BCUT2D eigenvalue weighted by molar-refractivity contribution is 0.444. The molecule has 0 aliphatic rings. The molecule has 0 radical (unpaired) electrons. The minimum absolute atomic E-state index is 0.164. The third-order valence-corrected chi connectivity index (χ3v) is 3.59. The number of benzene rings is 1. The molecule has 112 valence electrons. The molecule has 0 unspecified atom stereocenters. The highest BCUT2D eigenvalue weighted by Crippen LogP contribution is 2.32. The summed E-state index contributed by atoms with van der Waals surface area (Å²) in [4.78, 5) is 8.95. The van der Waals surface area contributed by atoms with Crippen LogP contribution in [-0.4, -0.2) is 17.0 Å². The Morgan fingerprint density at radius 2 is 1.90 bits per heavy atom. The van der Waals surface area contributed by atoms with Crippen molar-refractivity contribution in [2.24, 2.45) is 0 Å². The van der Waals surface area contributed by atoms with E-state index in [2.05, 4.69) is 52.0 Å². The van der Waals surface area contributed by atoms with Crippen LogP contribution in [0.2, 0.25) is 5.02 Å². The quantitative estimate of drug-likeness (QED) is 0.823. The van der Waals surface area contributed by atoms with Gasteiger partial charge in [-0.2, -0.15) is 4.98 Å². The number of anilines is 1. The van der Waals surface area contributed by atoms with Crippen LogP contribution in [0.25, 0.3) is 0 Å². The fourth-order valence-corrected chi connectivity index (χ4v) is 2.38. The molecule has 0 aliphatic heterocycles. The second-order valence-electron chi connectivity index (χ2n) is 5.59. The normalized spacial score (nSPS) is 11.3. The van der Waals surface area contributed by atoms with Gasteiger partial charge in [-0.15, -0.1) is 0 Å². The molecule has 6 heteroatoms. The summed E-state index contributed by atoms with van der Waals surface area (Å²) >= 11 is 9.36. The Morgan fingerprint density at radius 1 is 1.19 bits per heavy atom. The molecule has 0 aliphatic carbocycles. The predicted molar refractivity (Wildman–Crippen MR) is 89.5 cm³/mol. The molecule has 0 spiro atoms. The number of rotatable bonds is 3. The van der Waals surface area contributed by atoms with Gasteiger partial charge in [0.1, 0.15) is 17.4 Å². The van der Waals surface area contributed by atoms with Gasteiger partial charge in [-0.05, 0) is 34.1 Å². The van der Waals surface area contributed by atoms with Crippen LogP contribution >= 0.6 is 27.5 Å². The number of halogens is 2. The molecular weight excluding hydrogens is 354 g/mol. The maximum atomic E-state index is 5.93. The molecule has 1 aromatic heterocycles. The Labute approximate surface area is 138 Å². The standard InChI is InChI=1S/C15H17BrClN3O/c1-15(2,3)14-19-12(18-4)8-13(20-14)21-11-6-5-9(17)7-10(11)16/h5-8H,1-4H3,(H,18,19,20). The van der Waals surface area contributed by atoms with E-state index in [1.807, 2.05) is 7.05 Å². The van der Waals surface area contributed by atoms with E-state index < -0.39 is 0 Å². The monoisotopic (exact) mass is 369 g/mol. The van der Waals surface area contributed by atoms with Gasteiger partial charge in [0.15, 0.2) is 0 Å². The van der Waals surface area contributed by atoms with Crippen LogP contribution in [0.15, 0.2) is 28.7 Å². The Balaban J connectivity index is 2.39. The van der Waals surface area contributed by atoms with E-state index in [4.69, 9.17) is 16.3 Å². The summed E-state index contributed by atoms with van der Waals surface area (Å²) in [5.74, 6) is 2.58. The predicted octanol–water partition coefficient (Wildman–Crippen LogP) is 5.02. The maximum absolute atomic E-state index is 5.93. The average molecular weight is 371 g/mol. The number of nitrogens with one attached hydrogen (secondary N) is 1. The van der Waals surface area contributed by atoms with E-state index in [1.54, 1.807) is 24.3 Å². The Bertz CT molecular complexity index is 656. The van der Waals surface area contributed by atoms with Crippen molar-refractivity contribution in [2.45, 2.75) is 26.2 Å².